The molecule has 2 rings (SSSR count). The van der Waals surface area contributed by atoms with Crippen molar-refractivity contribution >= 4 is 0 Å². The van der Waals surface area contributed by atoms with Crippen molar-refractivity contribution in [2.75, 3.05) is 7.05 Å². The summed E-state index contributed by atoms with van der Waals surface area (Å²) in [6, 6.07) is 4.78. The van der Waals surface area contributed by atoms with Gasteiger partial charge in [0.05, 0.1) is 0 Å². The Bertz CT molecular complexity index is 318. The lowest BCUT2D eigenvalue weighted by Gasteiger charge is -2.33. The van der Waals surface area contributed by atoms with Gasteiger partial charge >= 0.3 is 0 Å². The number of nitrogens with one attached hydrogen (secondary N) is 1. The minimum atomic E-state index is 0.618. The molecule has 2 nitrogen and oxygen atoms in total. The lowest BCUT2D eigenvalue weighted by Crippen LogP contribution is -2.39. The number of hydrogen-bond donors (Lipinski definition) is 1. The molecule has 1 aliphatic rings. The van der Waals surface area contributed by atoms with E-state index in [0.29, 0.717) is 6.04 Å². The summed E-state index contributed by atoms with van der Waals surface area (Å²) < 4.78 is 0. The maximum Gasteiger partial charge on any atom is 0.0448 e. The van der Waals surface area contributed by atoms with Gasteiger partial charge in [-0.25, -0.2) is 0 Å². The van der Waals surface area contributed by atoms with Gasteiger partial charge in [0.25, 0.3) is 0 Å². The summed E-state index contributed by atoms with van der Waals surface area (Å²) >= 11 is 0. The number of rotatable bonds is 4. The fourth-order valence-electron chi connectivity index (χ4n) is 2.29. The van der Waals surface area contributed by atoms with Gasteiger partial charge < -0.3 is 5.32 Å². The first-order valence-electron chi connectivity index (χ1n) is 5.89. The fourth-order valence-corrected chi connectivity index (χ4v) is 2.29. The smallest absolute Gasteiger partial charge is 0.0448 e. The number of aromatic nitrogens is 1. The number of hydrogen-bond acceptors (Lipinski definition) is 2. The van der Waals surface area contributed by atoms with Crippen LogP contribution in [-0.2, 0) is 6.42 Å². The Morgan fingerprint density at radius 2 is 2.33 bits per heavy atom. The predicted octanol–water partition coefficient (Wildman–Crippen LogP) is 2.32. The van der Waals surface area contributed by atoms with Crippen LogP contribution in [0.2, 0.25) is 0 Å². The van der Waals surface area contributed by atoms with E-state index in [2.05, 4.69) is 30.3 Å². The molecule has 0 spiro atoms. The zero-order valence-corrected chi connectivity index (χ0v) is 9.66. The van der Waals surface area contributed by atoms with E-state index in [0.717, 1.165) is 12.3 Å². The van der Waals surface area contributed by atoms with Crippen molar-refractivity contribution in [1.82, 2.24) is 10.3 Å². The molecular formula is C13H20N2. The van der Waals surface area contributed by atoms with Crippen molar-refractivity contribution in [2.45, 2.75) is 38.6 Å². The van der Waals surface area contributed by atoms with Crippen LogP contribution >= 0.6 is 0 Å². The summed E-state index contributed by atoms with van der Waals surface area (Å²) in [6.45, 7) is 2.15. The SMILES string of the molecule is CNC(Cc1ncccc1C)C1CCC1. The number of pyridine rings is 1. The Hall–Kier alpha value is -0.890. The van der Waals surface area contributed by atoms with E-state index < -0.39 is 0 Å². The minimum absolute atomic E-state index is 0.618. The monoisotopic (exact) mass is 204 g/mol. The van der Waals surface area contributed by atoms with Crippen molar-refractivity contribution in [3.8, 4) is 0 Å². The lowest BCUT2D eigenvalue weighted by atomic mass is 9.78. The molecule has 1 saturated carbocycles. The molecule has 2 heteroatoms. The predicted molar refractivity (Wildman–Crippen MR) is 62.9 cm³/mol. The van der Waals surface area contributed by atoms with Gasteiger partial charge in [0.2, 0.25) is 0 Å². The number of nitrogens with zero attached hydrogens (tertiary/aromatic N) is 1. The molecule has 1 aromatic heterocycles. The molecule has 1 aliphatic carbocycles. The van der Waals surface area contributed by atoms with Crippen LogP contribution in [0.3, 0.4) is 0 Å². The van der Waals surface area contributed by atoms with Gasteiger partial charge in [-0.05, 0) is 44.4 Å². The fraction of sp³-hybridized carbons (Fsp3) is 0.615. The van der Waals surface area contributed by atoms with E-state index in [1.54, 1.807) is 0 Å². The first kappa shape index (κ1) is 10.6. The largest absolute Gasteiger partial charge is 0.316 e. The standard InChI is InChI=1S/C13H20N2/c1-10-5-4-8-15-12(10)9-13(14-2)11-6-3-7-11/h4-5,8,11,13-14H,3,6-7,9H2,1-2H3. The molecule has 1 unspecified atom stereocenters. The zero-order chi connectivity index (χ0) is 10.7. The van der Waals surface area contributed by atoms with Gasteiger partial charge in [0, 0.05) is 24.4 Å². The third-order valence-corrected chi connectivity index (χ3v) is 3.62. The third kappa shape index (κ3) is 2.37. The van der Waals surface area contributed by atoms with E-state index in [9.17, 15) is 0 Å². The molecule has 0 radical (unpaired) electrons. The highest BCUT2D eigenvalue weighted by Gasteiger charge is 2.26. The van der Waals surface area contributed by atoms with Gasteiger partial charge in [0.1, 0.15) is 0 Å². The molecule has 15 heavy (non-hydrogen) atoms. The van der Waals surface area contributed by atoms with Gasteiger partial charge in [-0.3, -0.25) is 4.98 Å². The van der Waals surface area contributed by atoms with Crippen molar-refractivity contribution in [2.24, 2.45) is 5.92 Å². The number of likely N-dealkylation sites (N-methyl/N-ethyl adjacent to an activating group) is 1. The highest BCUT2D eigenvalue weighted by atomic mass is 14.9. The Morgan fingerprint density at radius 1 is 1.53 bits per heavy atom. The molecular weight excluding hydrogens is 184 g/mol. The first-order chi connectivity index (χ1) is 7.31. The van der Waals surface area contributed by atoms with Crippen LogP contribution in [0.15, 0.2) is 18.3 Å². The van der Waals surface area contributed by atoms with Gasteiger partial charge in [0.15, 0.2) is 0 Å². The molecule has 82 valence electrons. The summed E-state index contributed by atoms with van der Waals surface area (Å²) in [5, 5.41) is 3.44. The van der Waals surface area contributed by atoms with Crippen LogP contribution in [0.5, 0.6) is 0 Å². The minimum Gasteiger partial charge on any atom is -0.316 e. The van der Waals surface area contributed by atoms with E-state index in [1.807, 2.05) is 12.3 Å². The van der Waals surface area contributed by atoms with E-state index >= 15 is 0 Å². The summed E-state index contributed by atoms with van der Waals surface area (Å²) in [7, 11) is 2.07. The molecule has 1 fully saturated rings. The Kier molecular flexibility index (Phi) is 3.37. The van der Waals surface area contributed by atoms with Crippen LogP contribution in [0.1, 0.15) is 30.5 Å². The maximum atomic E-state index is 4.47. The molecule has 0 aliphatic heterocycles. The summed E-state index contributed by atoms with van der Waals surface area (Å²) in [4.78, 5) is 4.47. The molecule has 0 saturated heterocycles. The van der Waals surface area contributed by atoms with Gasteiger partial charge in [-0.2, -0.15) is 0 Å². The average Bonchev–Trinajstić information content (AvgIpc) is 2.17. The molecule has 1 atom stereocenters. The second-order valence-corrected chi connectivity index (χ2v) is 4.56. The molecule has 1 N–H and O–H groups in total. The Morgan fingerprint density at radius 3 is 2.87 bits per heavy atom. The normalized spacial score (nSPS) is 18.5. The van der Waals surface area contributed by atoms with Crippen LogP contribution in [0, 0.1) is 12.8 Å². The Balaban J connectivity index is 2.02. The molecule has 0 aromatic carbocycles. The second-order valence-electron chi connectivity index (χ2n) is 4.56. The number of aryl methyl sites for hydroxylation is 1. The van der Waals surface area contributed by atoms with E-state index in [4.69, 9.17) is 0 Å². The topological polar surface area (TPSA) is 24.9 Å². The third-order valence-electron chi connectivity index (χ3n) is 3.62. The highest BCUT2D eigenvalue weighted by molar-refractivity contribution is 5.18. The van der Waals surface area contributed by atoms with E-state index in [1.165, 1.54) is 30.5 Å². The van der Waals surface area contributed by atoms with Crippen molar-refractivity contribution in [3.05, 3.63) is 29.6 Å². The van der Waals surface area contributed by atoms with Crippen molar-refractivity contribution in [1.29, 1.82) is 0 Å². The van der Waals surface area contributed by atoms with Crippen LogP contribution in [-0.4, -0.2) is 18.1 Å². The molecule has 0 bridgehead atoms. The van der Waals surface area contributed by atoms with Gasteiger partial charge in [-0.15, -0.1) is 0 Å². The molecule has 1 aromatic rings. The van der Waals surface area contributed by atoms with E-state index in [-0.39, 0.29) is 0 Å². The van der Waals surface area contributed by atoms with Gasteiger partial charge in [-0.1, -0.05) is 12.5 Å². The second kappa shape index (κ2) is 4.75. The van der Waals surface area contributed by atoms with Crippen LogP contribution in [0.4, 0.5) is 0 Å². The summed E-state index contributed by atoms with van der Waals surface area (Å²) in [5.74, 6) is 0.872. The summed E-state index contributed by atoms with van der Waals surface area (Å²) in [6.07, 6.45) is 7.16. The Labute approximate surface area is 92.1 Å². The lowest BCUT2D eigenvalue weighted by molar-refractivity contribution is 0.234. The van der Waals surface area contributed by atoms with Crippen molar-refractivity contribution < 1.29 is 0 Å². The van der Waals surface area contributed by atoms with Crippen LogP contribution in [0.25, 0.3) is 0 Å². The first-order valence-corrected chi connectivity index (χ1v) is 5.89. The average molecular weight is 204 g/mol. The zero-order valence-electron chi connectivity index (χ0n) is 9.66. The highest BCUT2D eigenvalue weighted by Crippen LogP contribution is 2.30. The van der Waals surface area contributed by atoms with Crippen molar-refractivity contribution in [3.63, 3.8) is 0 Å². The quantitative estimate of drug-likeness (QED) is 0.814. The molecule has 1 heterocycles. The summed E-state index contributed by atoms with van der Waals surface area (Å²) in [5.41, 5.74) is 2.57. The van der Waals surface area contributed by atoms with Crippen LogP contribution < -0.4 is 5.32 Å². The maximum absolute atomic E-state index is 4.47. The molecule has 0 amide bonds.